The topological polar surface area (TPSA) is 55.6 Å². The van der Waals surface area contributed by atoms with Crippen LogP contribution in [0.5, 0.6) is 0 Å². The van der Waals surface area contributed by atoms with Gasteiger partial charge >= 0.3 is 0 Å². The van der Waals surface area contributed by atoms with Crippen LogP contribution in [0.3, 0.4) is 0 Å². The van der Waals surface area contributed by atoms with Crippen molar-refractivity contribution in [3.63, 3.8) is 0 Å². The third-order valence-corrected chi connectivity index (χ3v) is 8.17. The summed E-state index contributed by atoms with van der Waals surface area (Å²) in [6.07, 6.45) is 0. The number of nitrogens with one attached hydrogen (secondary N) is 1. The molecule has 8 aromatic rings. The Balaban J connectivity index is 1.48. The maximum atomic E-state index is 5.25. The van der Waals surface area contributed by atoms with E-state index in [4.69, 9.17) is 15.0 Å². The molecule has 0 atom stereocenters. The molecule has 0 aliphatic carbocycles. The summed E-state index contributed by atoms with van der Waals surface area (Å²) in [7, 11) is 0. The summed E-state index contributed by atoms with van der Waals surface area (Å²) in [6, 6.07) is 43.3. The van der Waals surface area contributed by atoms with Gasteiger partial charge in [0, 0.05) is 31.6 Å². The maximum Gasteiger partial charge on any atom is 0.235 e. The second kappa shape index (κ2) is 9.54. The van der Waals surface area contributed by atoms with Crippen molar-refractivity contribution in [1.29, 1.82) is 0 Å². The van der Waals surface area contributed by atoms with E-state index in [0.717, 1.165) is 70.8 Å². The van der Waals surface area contributed by atoms with E-state index in [0.29, 0.717) is 5.95 Å². The van der Waals surface area contributed by atoms with Gasteiger partial charge in [0.05, 0.1) is 33.4 Å². The number of rotatable bonds is 4. The molecule has 0 spiro atoms. The number of halogens is 1. The van der Waals surface area contributed by atoms with Crippen molar-refractivity contribution in [2.45, 2.75) is 0 Å². The molecule has 0 saturated heterocycles. The van der Waals surface area contributed by atoms with Crippen molar-refractivity contribution < 1.29 is 0 Å². The molecule has 194 valence electrons. The summed E-state index contributed by atoms with van der Waals surface area (Å²) in [4.78, 5) is 15.6. The van der Waals surface area contributed by atoms with Gasteiger partial charge in [-0.3, -0.25) is 4.57 Å². The average Bonchev–Trinajstić information content (AvgIpc) is 3.36. The number of hydrogen-bond donors (Lipinski definition) is 1. The number of para-hydroxylation sites is 3. The van der Waals surface area contributed by atoms with E-state index >= 15 is 0 Å². The zero-order chi connectivity index (χ0) is 27.3. The van der Waals surface area contributed by atoms with Crippen molar-refractivity contribution in [3.05, 3.63) is 132 Å². The lowest BCUT2D eigenvalue weighted by Gasteiger charge is -2.14. The van der Waals surface area contributed by atoms with E-state index in [1.807, 2.05) is 60.7 Å². The van der Waals surface area contributed by atoms with E-state index in [-0.39, 0.29) is 0 Å². The second-order valence-corrected chi connectivity index (χ2v) is 10.8. The lowest BCUT2D eigenvalue weighted by atomic mass is 10.1. The normalized spacial score (nSPS) is 11.5. The molecule has 5 aromatic carbocycles. The molecule has 0 aliphatic heterocycles. The molecule has 0 unspecified atom stereocenters. The third-order valence-electron chi connectivity index (χ3n) is 7.47. The van der Waals surface area contributed by atoms with Crippen molar-refractivity contribution in [1.82, 2.24) is 19.5 Å². The van der Waals surface area contributed by atoms with Gasteiger partial charge in [-0.15, -0.1) is 0 Å². The highest BCUT2D eigenvalue weighted by Gasteiger charge is 2.21. The number of hydrogen-bond acceptors (Lipinski definition) is 4. The van der Waals surface area contributed by atoms with Crippen LogP contribution in [-0.2, 0) is 0 Å². The number of benzene rings is 5. The Morgan fingerprint density at radius 3 is 2.05 bits per heavy atom. The minimum Gasteiger partial charge on any atom is -0.339 e. The minimum atomic E-state index is 0.618. The average molecular weight is 593 g/mol. The molecule has 6 heteroatoms. The van der Waals surface area contributed by atoms with Crippen molar-refractivity contribution in [3.8, 4) is 17.2 Å². The first kappa shape index (κ1) is 23.8. The van der Waals surface area contributed by atoms with Crippen LogP contribution in [0.2, 0.25) is 0 Å². The Bertz CT molecular complexity index is 2260. The van der Waals surface area contributed by atoms with E-state index < -0.39 is 0 Å². The molecule has 41 heavy (non-hydrogen) atoms. The van der Waals surface area contributed by atoms with Gasteiger partial charge < -0.3 is 5.32 Å². The first-order chi connectivity index (χ1) is 20.3. The smallest absolute Gasteiger partial charge is 0.235 e. The summed E-state index contributed by atoms with van der Waals surface area (Å²) in [5.74, 6) is 1.42. The second-order valence-electron chi connectivity index (χ2n) is 9.92. The highest BCUT2D eigenvalue weighted by molar-refractivity contribution is 9.10. The van der Waals surface area contributed by atoms with Gasteiger partial charge in [-0.25, -0.2) is 15.0 Å². The molecule has 0 fully saturated rings. The Hall–Kier alpha value is -5.07. The molecule has 3 aromatic heterocycles. The predicted octanol–water partition coefficient (Wildman–Crippen LogP) is 9.45. The van der Waals surface area contributed by atoms with Gasteiger partial charge in [0.25, 0.3) is 0 Å². The molecule has 0 bridgehead atoms. The zero-order valence-electron chi connectivity index (χ0n) is 21.8. The first-order valence-electron chi connectivity index (χ1n) is 13.4. The molecule has 0 aliphatic rings. The first-order valence-corrected chi connectivity index (χ1v) is 14.2. The lowest BCUT2D eigenvalue weighted by molar-refractivity contribution is 1.02. The monoisotopic (exact) mass is 591 g/mol. The van der Waals surface area contributed by atoms with Gasteiger partial charge in [-0.05, 0) is 40.2 Å². The van der Waals surface area contributed by atoms with Crippen LogP contribution in [0, 0.1) is 0 Å². The van der Waals surface area contributed by atoms with Crippen LogP contribution in [0.1, 0.15) is 0 Å². The number of aromatic nitrogens is 4. The van der Waals surface area contributed by atoms with Crippen molar-refractivity contribution in [2.75, 3.05) is 5.32 Å². The summed E-state index contributed by atoms with van der Waals surface area (Å²) >= 11 is 3.68. The standard InChI is InChI=1S/C35H22BrN5/c36-27-18-8-10-20-29(27)37-34-24-15-5-4-14-23(24)33-32(39-34)26-17-7-11-21-30(26)41(33)35-38-28-19-9-6-16-25(28)31(40-35)22-12-2-1-3-13-22/h1-21H,(H,37,39). The minimum absolute atomic E-state index is 0.618. The Morgan fingerprint density at radius 1 is 0.561 bits per heavy atom. The largest absolute Gasteiger partial charge is 0.339 e. The summed E-state index contributed by atoms with van der Waals surface area (Å²) < 4.78 is 3.15. The Kier molecular flexibility index (Phi) is 5.53. The highest BCUT2D eigenvalue weighted by Crippen LogP contribution is 2.39. The van der Waals surface area contributed by atoms with Crippen LogP contribution in [0.4, 0.5) is 11.5 Å². The van der Waals surface area contributed by atoms with Gasteiger partial charge in [0.2, 0.25) is 5.95 Å². The number of nitrogens with zero attached hydrogens (tertiary/aromatic N) is 4. The van der Waals surface area contributed by atoms with Crippen LogP contribution in [0.15, 0.2) is 132 Å². The molecule has 8 rings (SSSR count). The van der Waals surface area contributed by atoms with Crippen molar-refractivity contribution in [2.24, 2.45) is 0 Å². The van der Waals surface area contributed by atoms with Crippen molar-refractivity contribution >= 4 is 71.0 Å². The number of pyridine rings is 1. The van der Waals surface area contributed by atoms with Crippen LogP contribution in [0.25, 0.3) is 60.8 Å². The Morgan fingerprint density at radius 2 is 1.22 bits per heavy atom. The Labute approximate surface area is 244 Å². The van der Waals surface area contributed by atoms with E-state index in [9.17, 15) is 0 Å². The van der Waals surface area contributed by atoms with Gasteiger partial charge in [-0.2, -0.15) is 0 Å². The SMILES string of the molecule is Brc1ccccc1Nc1nc2c3ccccc3n(-c3nc(-c4ccccc4)c4ccccc4n3)c2c2ccccc12. The highest BCUT2D eigenvalue weighted by atomic mass is 79.9. The quantitative estimate of drug-likeness (QED) is 0.221. The van der Waals surface area contributed by atoms with Gasteiger partial charge in [-0.1, -0.05) is 103 Å². The molecular formula is C35H22BrN5. The molecule has 5 nitrogen and oxygen atoms in total. The molecule has 0 radical (unpaired) electrons. The zero-order valence-corrected chi connectivity index (χ0v) is 23.4. The van der Waals surface area contributed by atoms with E-state index in [1.54, 1.807) is 0 Å². The maximum absolute atomic E-state index is 5.25. The van der Waals surface area contributed by atoms with E-state index in [1.165, 1.54) is 0 Å². The summed E-state index contributed by atoms with van der Waals surface area (Å²) in [5, 5.41) is 7.73. The number of fused-ring (bicyclic) bond motifs is 6. The van der Waals surface area contributed by atoms with Crippen LogP contribution < -0.4 is 5.32 Å². The van der Waals surface area contributed by atoms with Crippen LogP contribution >= 0.6 is 15.9 Å². The molecule has 3 heterocycles. The molecule has 0 saturated carbocycles. The van der Waals surface area contributed by atoms with Crippen LogP contribution in [-0.4, -0.2) is 19.5 Å². The van der Waals surface area contributed by atoms with Gasteiger partial charge in [0.1, 0.15) is 5.82 Å². The summed E-state index contributed by atoms with van der Waals surface area (Å²) in [6.45, 7) is 0. The fraction of sp³-hybridized carbons (Fsp3) is 0. The summed E-state index contributed by atoms with van der Waals surface area (Å²) in [5.41, 5.74) is 6.69. The fourth-order valence-electron chi connectivity index (χ4n) is 5.63. The molecule has 0 amide bonds. The molecular weight excluding hydrogens is 570 g/mol. The third kappa shape index (κ3) is 3.87. The predicted molar refractivity (Wildman–Crippen MR) is 172 cm³/mol. The fourth-order valence-corrected chi connectivity index (χ4v) is 6.01. The van der Waals surface area contributed by atoms with Gasteiger partial charge in [0.15, 0.2) is 0 Å². The van der Waals surface area contributed by atoms with E-state index in [2.05, 4.69) is 92.5 Å². The number of anilines is 2. The molecule has 1 N–H and O–H groups in total. The lowest BCUT2D eigenvalue weighted by Crippen LogP contribution is -2.04.